The zero-order chi connectivity index (χ0) is 18.4. The van der Waals surface area contributed by atoms with Gasteiger partial charge >= 0.3 is 5.97 Å². The molecule has 0 spiro atoms. The van der Waals surface area contributed by atoms with Gasteiger partial charge in [-0.25, -0.2) is 13.2 Å². The van der Waals surface area contributed by atoms with Crippen LogP contribution in [0.5, 0.6) is 5.75 Å². The first-order valence-electron chi connectivity index (χ1n) is 7.77. The second-order valence-electron chi connectivity index (χ2n) is 5.45. The van der Waals surface area contributed by atoms with Gasteiger partial charge in [-0.2, -0.15) is 0 Å². The molecule has 0 aliphatic carbocycles. The Morgan fingerprint density at radius 1 is 1.12 bits per heavy atom. The van der Waals surface area contributed by atoms with Crippen LogP contribution < -0.4 is 9.46 Å². The first kappa shape index (κ1) is 18.8. The maximum atomic E-state index is 12.5. The number of benzene rings is 2. The second-order valence-corrected chi connectivity index (χ2v) is 7.13. The summed E-state index contributed by atoms with van der Waals surface area (Å²) in [6.07, 6.45) is 0.888. The second kappa shape index (κ2) is 8.02. The summed E-state index contributed by atoms with van der Waals surface area (Å²) in [6.45, 7) is 3.51. The molecule has 0 bridgehead atoms. The van der Waals surface area contributed by atoms with Crippen molar-refractivity contribution >= 4 is 21.7 Å². The summed E-state index contributed by atoms with van der Waals surface area (Å²) in [4.78, 5) is 11.2. The summed E-state index contributed by atoms with van der Waals surface area (Å²) in [5.74, 6) is -0.0788. The van der Waals surface area contributed by atoms with Gasteiger partial charge in [0.1, 0.15) is 5.75 Å². The zero-order valence-electron chi connectivity index (χ0n) is 14.4. The third-order valence-corrected chi connectivity index (χ3v) is 5.02. The third-order valence-electron chi connectivity index (χ3n) is 3.64. The fraction of sp³-hybridized carbons (Fsp3) is 0.278. The summed E-state index contributed by atoms with van der Waals surface area (Å²) in [5.41, 5.74) is 2.24. The topological polar surface area (TPSA) is 81.7 Å². The highest BCUT2D eigenvalue weighted by molar-refractivity contribution is 7.92. The Kier molecular flexibility index (Phi) is 6.03. The van der Waals surface area contributed by atoms with Crippen LogP contribution >= 0.6 is 0 Å². The number of carbonyl (C=O) groups is 1. The molecule has 0 aliphatic rings. The van der Waals surface area contributed by atoms with E-state index in [-0.39, 0.29) is 11.5 Å². The van der Waals surface area contributed by atoms with Crippen molar-refractivity contribution in [3.63, 3.8) is 0 Å². The number of esters is 1. The van der Waals surface area contributed by atoms with Crippen LogP contribution in [-0.2, 0) is 26.0 Å². The Bertz CT molecular complexity index is 844. The van der Waals surface area contributed by atoms with Gasteiger partial charge in [0.25, 0.3) is 10.0 Å². The quantitative estimate of drug-likeness (QED) is 0.765. The molecular formula is C18H21NO5S. The average Bonchev–Trinajstić information content (AvgIpc) is 2.60. The number of carbonyl (C=O) groups excluding carboxylic acids is 1. The predicted molar refractivity (Wildman–Crippen MR) is 95.3 cm³/mol. The lowest BCUT2D eigenvalue weighted by Gasteiger charge is -2.12. The summed E-state index contributed by atoms with van der Waals surface area (Å²) in [5, 5.41) is 0. The van der Waals surface area contributed by atoms with E-state index in [1.807, 2.05) is 19.1 Å². The fourth-order valence-corrected chi connectivity index (χ4v) is 3.31. The normalized spacial score (nSPS) is 11.0. The minimum absolute atomic E-state index is 0.120. The molecule has 2 aromatic carbocycles. The highest BCUT2D eigenvalue weighted by atomic mass is 32.2. The van der Waals surface area contributed by atoms with Crippen molar-refractivity contribution in [2.75, 3.05) is 18.4 Å². The van der Waals surface area contributed by atoms with Gasteiger partial charge in [-0.15, -0.1) is 0 Å². The molecule has 7 heteroatoms. The van der Waals surface area contributed by atoms with Gasteiger partial charge in [-0.05, 0) is 54.8 Å². The lowest BCUT2D eigenvalue weighted by molar-refractivity contribution is -0.142. The molecule has 0 unspecified atom stereocenters. The van der Waals surface area contributed by atoms with Crippen molar-refractivity contribution in [3.05, 3.63) is 53.6 Å². The average molecular weight is 363 g/mol. The van der Waals surface area contributed by atoms with Gasteiger partial charge in [-0.3, -0.25) is 4.72 Å². The Morgan fingerprint density at radius 2 is 1.80 bits per heavy atom. The number of anilines is 1. The van der Waals surface area contributed by atoms with Crippen LogP contribution in [0, 0.1) is 6.92 Å². The van der Waals surface area contributed by atoms with Crippen LogP contribution in [0.15, 0.2) is 47.4 Å². The van der Waals surface area contributed by atoms with Crippen LogP contribution in [0.1, 0.15) is 18.1 Å². The number of hydrogen-bond acceptors (Lipinski definition) is 5. The largest absolute Gasteiger partial charge is 0.482 e. The number of sulfonamides is 1. The first-order valence-corrected chi connectivity index (χ1v) is 9.26. The molecule has 0 saturated heterocycles. The molecule has 25 heavy (non-hydrogen) atoms. The Balaban J connectivity index is 2.15. The van der Waals surface area contributed by atoms with E-state index in [0.29, 0.717) is 17.0 Å². The molecule has 2 aromatic rings. The maximum absolute atomic E-state index is 12.5. The molecule has 0 heterocycles. The summed E-state index contributed by atoms with van der Waals surface area (Å²) in [7, 11) is -2.43. The van der Waals surface area contributed by atoms with E-state index >= 15 is 0 Å². The monoisotopic (exact) mass is 363 g/mol. The molecule has 0 fully saturated rings. The molecule has 134 valence electrons. The molecular weight excluding hydrogens is 342 g/mol. The molecule has 0 radical (unpaired) electrons. The highest BCUT2D eigenvalue weighted by Gasteiger charge is 2.16. The first-order chi connectivity index (χ1) is 11.9. The van der Waals surface area contributed by atoms with Crippen LogP contribution in [-0.4, -0.2) is 28.1 Å². The van der Waals surface area contributed by atoms with Crippen molar-refractivity contribution in [3.8, 4) is 5.75 Å². The van der Waals surface area contributed by atoms with Gasteiger partial charge in [0.15, 0.2) is 6.61 Å². The number of ether oxygens (including phenoxy) is 2. The number of aryl methyl sites for hydroxylation is 2. The fourth-order valence-electron chi connectivity index (χ4n) is 2.17. The molecule has 0 amide bonds. The Morgan fingerprint density at radius 3 is 2.36 bits per heavy atom. The Hall–Kier alpha value is -2.54. The summed E-state index contributed by atoms with van der Waals surface area (Å²) in [6, 6.07) is 11.7. The van der Waals surface area contributed by atoms with Crippen LogP contribution in [0.25, 0.3) is 0 Å². The molecule has 6 nitrogen and oxygen atoms in total. The number of rotatable bonds is 7. The van der Waals surface area contributed by atoms with Crippen molar-refractivity contribution < 1.29 is 22.7 Å². The summed E-state index contributed by atoms with van der Waals surface area (Å²) < 4.78 is 37.4. The molecule has 0 saturated carbocycles. The lowest BCUT2D eigenvalue weighted by atomic mass is 10.2. The maximum Gasteiger partial charge on any atom is 0.343 e. The minimum atomic E-state index is -3.71. The van der Waals surface area contributed by atoms with Gasteiger partial charge in [0.2, 0.25) is 0 Å². The molecule has 2 rings (SSSR count). The van der Waals surface area contributed by atoms with Crippen LogP contribution in [0.3, 0.4) is 0 Å². The lowest BCUT2D eigenvalue weighted by Crippen LogP contribution is -2.15. The van der Waals surface area contributed by atoms with Crippen molar-refractivity contribution in [1.29, 1.82) is 0 Å². The van der Waals surface area contributed by atoms with Gasteiger partial charge in [-0.1, -0.05) is 19.1 Å². The number of hydrogen-bond donors (Lipinski definition) is 1. The van der Waals surface area contributed by atoms with Crippen LogP contribution in [0.4, 0.5) is 5.69 Å². The van der Waals surface area contributed by atoms with E-state index in [4.69, 9.17) is 4.74 Å². The number of nitrogens with one attached hydrogen (secondary N) is 1. The van der Waals surface area contributed by atoms with E-state index in [2.05, 4.69) is 9.46 Å². The van der Waals surface area contributed by atoms with Gasteiger partial charge < -0.3 is 9.47 Å². The smallest absolute Gasteiger partial charge is 0.343 e. The standard InChI is InChI=1S/C18H21NO5S/c1-4-14-5-7-15(8-6-14)19-25(21,22)16-9-10-17(13(2)11-16)24-12-18(20)23-3/h5-11,19H,4,12H2,1-3H3. The van der Waals surface area contributed by atoms with E-state index in [1.54, 1.807) is 19.1 Å². The van der Waals surface area contributed by atoms with Crippen molar-refractivity contribution in [2.45, 2.75) is 25.2 Å². The highest BCUT2D eigenvalue weighted by Crippen LogP contribution is 2.23. The third kappa shape index (κ3) is 4.96. The summed E-state index contributed by atoms with van der Waals surface area (Å²) >= 11 is 0. The van der Waals surface area contributed by atoms with Crippen molar-refractivity contribution in [1.82, 2.24) is 0 Å². The minimum Gasteiger partial charge on any atom is -0.482 e. The molecule has 0 aromatic heterocycles. The van der Waals surface area contributed by atoms with Crippen molar-refractivity contribution in [2.24, 2.45) is 0 Å². The van der Waals surface area contributed by atoms with Gasteiger partial charge in [0.05, 0.1) is 12.0 Å². The number of methoxy groups -OCH3 is 1. The molecule has 1 N–H and O–H groups in total. The van der Waals surface area contributed by atoms with E-state index in [0.717, 1.165) is 12.0 Å². The molecule has 0 atom stereocenters. The van der Waals surface area contributed by atoms with E-state index in [9.17, 15) is 13.2 Å². The van der Waals surface area contributed by atoms with Crippen LogP contribution in [0.2, 0.25) is 0 Å². The Labute approximate surface area is 147 Å². The zero-order valence-corrected chi connectivity index (χ0v) is 15.2. The predicted octanol–water partition coefficient (Wildman–Crippen LogP) is 2.91. The van der Waals surface area contributed by atoms with Gasteiger partial charge in [0, 0.05) is 5.69 Å². The molecule has 0 aliphatic heterocycles. The SMILES string of the molecule is CCc1ccc(NS(=O)(=O)c2ccc(OCC(=O)OC)c(C)c2)cc1. The van der Waals surface area contributed by atoms with E-state index < -0.39 is 16.0 Å². The van der Waals surface area contributed by atoms with E-state index in [1.165, 1.54) is 25.3 Å².